The molecule has 2 aromatic rings. The Morgan fingerprint density at radius 2 is 1.86 bits per heavy atom. The Hall–Kier alpha value is -2.64. The van der Waals surface area contributed by atoms with Gasteiger partial charge in [0, 0.05) is 26.2 Å². The average molecular weight is 399 g/mol. The molecule has 7 heteroatoms. The minimum Gasteiger partial charge on any atom is -0.468 e. The van der Waals surface area contributed by atoms with Gasteiger partial charge in [0.05, 0.1) is 12.3 Å². The molecule has 0 radical (unpaired) electrons. The van der Waals surface area contributed by atoms with Gasteiger partial charge in [-0.2, -0.15) is 0 Å². The van der Waals surface area contributed by atoms with Gasteiger partial charge in [-0.05, 0) is 56.7 Å². The van der Waals surface area contributed by atoms with E-state index in [4.69, 9.17) is 4.42 Å². The molecule has 3 rings (SSSR count). The molecule has 0 spiro atoms. The number of carbonyl (C=O) groups is 2. The Balaban J connectivity index is 1.56. The molecule has 1 aromatic heterocycles. The second-order valence-corrected chi connectivity index (χ2v) is 7.64. The van der Waals surface area contributed by atoms with Gasteiger partial charge in [-0.15, -0.1) is 0 Å². The van der Waals surface area contributed by atoms with Crippen LogP contribution in [0.5, 0.6) is 0 Å². The van der Waals surface area contributed by atoms with E-state index in [0.29, 0.717) is 13.1 Å². The van der Waals surface area contributed by atoms with Crippen molar-refractivity contribution in [3.8, 4) is 0 Å². The molecule has 156 valence electrons. The summed E-state index contributed by atoms with van der Waals surface area (Å²) < 4.78 is 5.63. The summed E-state index contributed by atoms with van der Waals surface area (Å²) in [5.74, 6) is -0.411. The molecule has 0 unspecified atom stereocenters. The molecule has 2 amide bonds. The fraction of sp³-hybridized carbons (Fsp3) is 0.455. The minimum atomic E-state index is -0.608. The van der Waals surface area contributed by atoms with Gasteiger partial charge in [-0.3, -0.25) is 14.5 Å². The van der Waals surface area contributed by atoms with Gasteiger partial charge < -0.3 is 20.0 Å². The van der Waals surface area contributed by atoms with E-state index in [1.165, 1.54) is 11.1 Å². The predicted molar refractivity (Wildman–Crippen MR) is 111 cm³/mol. The first-order valence-corrected chi connectivity index (χ1v) is 10.1. The molecular weight excluding hydrogens is 368 g/mol. The second-order valence-electron chi connectivity index (χ2n) is 7.64. The quantitative estimate of drug-likeness (QED) is 0.521. The number of nitrogens with zero attached hydrogens (tertiary/aromatic N) is 2. The van der Waals surface area contributed by atoms with Crippen molar-refractivity contribution >= 4 is 11.8 Å². The van der Waals surface area contributed by atoms with Gasteiger partial charge in [0.25, 0.3) is 0 Å². The van der Waals surface area contributed by atoms with Gasteiger partial charge in [-0.25, -0.2) is 0 Å². The minimum absolute atomic E-state index is 0.121. The van der Waals surface area contributed by atoms with Crippen LogP contribution in [0.25, 0.3) is 0 Å². The zero-order chi connectivity index (χ0) is 20.6. The monoisotopic (exact) mass is 398 g/mol. The van der Waals surface area contributed by atoms with Crippen molar-refractivity contribution in [2.45, 2.75) is 25.4 Å². The van der Waals surface area contributed by atoms with E-state index in [2.05, 4.69) is 33.7 Å². The lowest BCUT2D eigenvalue weighted by atomic mass is 9.98. The van der Waals surface area contributed by atoms with Crippen LogP contribution in [-0.2, 0) is 22.6 Å². The Labute approximate surface area is 172 Å². The van der Waals surface area contributed by atoms with E-state index in [1.54, 1.807) is 6.26 Å². The summed E-state index contributed by atoms with van der Waals surface area (Å²) >= 11 is 0. The van der Waals surface area contributed by atoms with Crippen molar-refractivity contribution in [2.75, 3.05) is 40.3 Å². The average Bonchev–Trinajstić information content (AvgIpc) is 3.25. The summed E-state index contributed by atoms with van der Waals surface area (Å²) in [7, 11) is 3.95. The van der Waals surface area contributed by atoms with Crippen LogP contribution in [-0.4, -0.2) is 61.9 Å². The first kappa shape index (κ1) is 21.1. The number of benzene rings is 1. The Morgan fingerprint density at radius 3 is 2.59 bits per heavy atom. The highest BCUT2D eigenvalue weighted by atomic mass is 16.3. The number of amides is 2. The van der Waals surface area contributed by atoms with E-state index in [9.17, 15) is 9.59 Å². The fourth-order valence-corrected chi connectivity index (χ4v) is 3.62. The first-order valence-electron chi connectivity index (χ1n) is 10.1. The van der Waals surface area contributed by atoms with Crippen molar-refractivity contribution in [1.29, 1.82) is 0 Å². The number of rotatable bonds is 8. The zero-order valence-corrected chi connectivity index (χ0v) is 17.2. The fourth-order valence-electron chi connectivity index (χ4n) is 3.62. The molecule has 0 aliphatic carbocycles. The molecular formula is C22H30N4O3. The number of furan rings is 1. The molecule has 2 N–H and O–H groups in total. The van der Waals surface area contributed by atoms with Crippen LogP contribution in [0.1, 0.15) is 29.3 Å². The number of carbonyl (C=O) groups excluding carboxylic acids is 2. The largest absolute Gasteiger partial charge is 0.468 e. The Morgan fingerprint density at radius 1 is 1.10 bits per heavy atom. The lowest BCUT2D eigenvalue weighted by Crippen LogP contribution is -2.45. The zero-order valence-electron chi connectivity index (χ0n) is 17.2. The summed E-state index contributed by atoms with van der Waals surface area (Å²) in [6, 6.07) is 12.1. The molecule has 0 bridgehead atoms. The van der Waals surface area contributed by atoms with Gasteiger partial charge in [0.15, 0.2) is 0 Å². The topological polar surface area (TPSA) is 77.8 Å². The molecule has 0 fully saturated rings. The normalized spacial score (nSPS) is 15.0. The molecule has 0 saturated heterocycles. The van der Waals surface area contributed by atoms with Gasteiger partial charge in [-0.1, -0.05) is 24.3 Å². The molecule has 7 nitrogen and oxygen atoms in total. The van der Waals surface area contributed by atoms with Crippen molar-refractivity contribution in [2.24, 2.45) is 0 Å². The van der Waals surface area contributed by atoms with Crippen LogP contribution in [0.3, 0.4) is 0 Å². The van der Waals surface area contributed by atoms with Crippen molar-refractivity contribution < 1.29 is 14.0 Å². The highest BCUT2D eigenvalue weighted by molar-refractivity contribution is 6.35. The summed E-state index contributed by atoms with van der Waals surface area (Å²) in [5, 5.41) is 5.45. The van der Waals surface area contributed by atoms with Crippen LogP contribution < -0.4 is 10.6 Å². The molecule has 1 atom stereocenters. The number of fused-ring (bicyclic) bond motifs is 1. The maximum Gasteiger partial charge on any atom is 0.309 e. The molecule has 2 heterocycles. The van der Waals surface area contributed by atoms with Gasteiger partial charge in [0.2, 0.25) is 0 Å². The lowest BCUT2D eigenvalue weighted by molar-refractivity contribution is -0.139. The summed E-state index contributed by atoms with van der Waals surface area (Å²) in [6.07, 6.45) is 3.39. The number of hydrogen-bond acceptors (Lipinski definition) is 5. The van der Waals surface area contributed by atoms with Crippen LogP contribution in [0.4, 0.5) is 0 Å². The van der Waals surface area contributed by atoms with Gasteiger partial charge >= 0.3 is 11.8 Å². The van der Waals surface area contributed by atoms with Gasteiger partial charge in [0.1, 0.15) is 5.76 Å². The lowest BCUT2D eigenvalue weighted by Gasteiger charge is -2.34. The van der Waals surface area contributed by atoms with Crippen LogP contribution in [0.15, 0.2) is 47.1 Å². The molecule has 1 aliphatic rings. The standard InChI is InChI=1S/C22H30N4O3/c1-25(2)12-6-11-23-21(27)22(28)24-15-19(20-9-5-14-29-20)26-13-10-17-7-3-4-8-18(17)16-26/h3-5,7-9,14,19H,6,10-13,15-16H2,1-2H3,(H,23,27)(H,24,28)/t19-/m1/s1. The Kier molecular flexibility index (Phi) is 7.43. The van der Waals surface area contributed by atoms with Crippen molar-refractivity contribution in [3.05, 3.63) is 59.5 Å². The summed E-state index contributed by atoms with van der Waals surface area (Å²) in [6.45, 7) is 3.32. The number of hydrogen-bond donors (Lipinski definition) is 2. The highest BCUT2D eigenvalue weighted by Gasteiger charge is 2.27. The van der Waals surface area contributed by atoms with Crippen molar-refractivity contribution in [3.63, 3.8) is 0 Å². The van der Waals surface area contributed by atoms with Crippen molar-refractivity contribution in [1.82, 2.24) is 20.4 Å². The first-order chi connectivity index (χ1) is 14.0. The maximum atomic E-state index is 12.2. The molecule has 29 heavy (non-hydrogen) atoms. The van der Waals surface area contributed by atoms with Crippen LogP contribution in [0.2, 0.25) is 0 Å². The summed E-state index contributed by atoms with van der Waals surface area (Å²) in [4.78, 5) is 28.6. The smallest absolute Gasteiger partial charge is 0.309 e. The molecule has 0 saturated carbocycles. The predicted octanol–water partition coefficient (Wildman–Crippen LogP) is 1.56. The number of nitrogens with one attached hydrogen (secondary N) is 2. The van der Waals surface area contributed by atoms with E-state index in [0.717, 1.165) is 38.2 Å². The third kappa shape index (κ3) is 5.92. The maximum absolute atomic E-state index is 12.2. The Bertz CT molecular complexity index is 804. The highest BCUT2D eigenvalue weighted by Crippen LogP contribution is 2.27. The van der Waals surface area contributed by atoms with Crippen LogP contribution in [0, 0.1) is 0 Å². The van der Waals surface area contributed by atoms with E-state index in [-0.39, 0.29) is 6.04 Å². The van der Waals surface area contributed by atoms with E-state index < -0.39 is 11.8 Å². The van der Waals surface area contributed by atoms with Crippen LogP contribution >= 0.6 is 0 Å². The second kappa shape index (κ2) is 10.2. The van der Waals surface area contributed by atoms with E-state index >= 15 is 0 Å². The SMILES string of the molecule is CN(C)CCCNC(=O)C(=O)NC[C@H](c1ccco1)N1CCc2ccccc2C1. The summed E-state index contributed by atoms with van der Waals surface area (Å²) in [5.41, 5.74) is 2.66. The molecule has 1 aromatic carbocycles. The molecule has 1 aliphatic heterocycles. The third-order valence-electron chi connectivity index (χ3n) is 5.20. The van der Waals surface area contributed by atoms with E-state index in [1.807, 2.05) is 37.2 Å². The third-order valence-corrected chi connectivity index (χ3v) is 5.20.